The van der Waals surface area contributed by atoms with Crippen LogP contribution < -0.4 is 9.47 Å². The number of carboxylic acid groups (broad SMARTS) is 1. The lowest BCUT2D eigenvalue weighted by Crippen LogP contribution is -2.17. The number of pyridine rings is 2. The highest BCUT2D eigenvalue weighted by molar-refractivity contribution is 5.75. The van der Waals surface area contributed by atoms with Gasteiger partial charge in [0.2, 0.25) is 0 Å². The molecule has 2 heterocycles. The maximum Gasteiger partial charge on any atom is 0.573 e. The Bertz CT molecular complexity index is 1090. The van der Waals surface area contributed by atoms with Gasteiger partial charge in [-0.2, -0.15) is 0 Å². The topological polar surface area (TPSA) is 81.5 Å². The molecule has 0 bridgehead atoms. The van der Waals surface area contributed by atoms with Gasteiger partial charge in [-0.25, -0.2) is 0 Å². The van der Waals surface area contributed by atoms with Gasteiger partial charge in [0.1, 0.15) is 18.1 Å². The molecule has 2 atom stereocenters. The molecule has 1 aromatic carbocycles. The van der Waals surface area contributed by atoms with E-state index in [2.05, 4.69) is 14.7 Å². The fraction of sp³-hybridized carbons (Fsp3) is 0.227. The van der Waals surface area contributed by atoms with Crippen LogP contribution in [0.5, 0.6) is 11.5 Å². The molecule has 9 heteroatoms. The molecule has 0 unspecified atom stereocenters. The van der Waals surface area contributed by atoms with Crippen molar-refractivity contribution < 1.29 is 32.5 Å². The van der Waals surface area contributed by atoms with E-state index in [1.807, 2.05) is 12.1 Å². The second kappa shape index (κ2) is 8.25. The zero-order valence-corrected chi connectivity index (χ0v) is 16.0. The van der Waals surface area contributed by atoms with E-state index >= 15 is 0 Å². The van der Waals surface area contributed by atoms with Crippen LogP contribution in [0, 0.1) is 5.92 Å². The van der Waals surface area contributed by atoms with Crippen LogP contribution in [0.2, 0.25) is 0 Å². The number of hydrogen-bond acceptors (Lipinski definition) is 5. The molecule has 4 rings (SSSR count). The predicted octanol–water partition coefficient (Wildman–Crippen LogP) is 4.81. The van der Waals surface area contributed by atoms with Crippen molar-refractivity contribution in [1.82, 2.24) is 9.97 Å². The van der Waals surface area contributed by atoms with Gasteiger partial charge in [-0.05, 0) is 47.9 Å². The van der Waals surface area contributed by atoms with Gasteiger partial charge in [-0.15, -0.1) is 13.2 Å². The SMILES string of the molecule is O=C(O)[C@@H]1C[C@H]1c1cc(-c2cncc(OCc3ccc(OC(F)(F)F)cc3)c2)ccn1. The molecular formula is C22H17F3N2O4. The van der Waals surface area contributed by atoms with Gasteiger partial charge >= 0.3 is 12.3 Å². The molecule has 0 radical (unpaired) electrons. The molecule has 1 N–H and O–H groups in total. The molecule has 31 heavy (non-hydrogen) atoms. The number of aromatic nitrogens is 2. The Morgan fingerprint density at radius 1 is 1.06 bits per heavy atom. The predicted molar refractivity (Wildman–Crippen MR) is 103 cm³/mol. The van der Waals surface area contributed by atoms with Crippen LogP contribution in [0.3, 0.4) is 0 Å². The van der Waals surface area contributed by atoms with Gasteiger partial charge in [0, 0.05) is 29.6 Å². The Hall–Kier alpha value is -3.62. The average Bonchev–Trinajstić information content (AvgIpc) is 3.54. The lowest BCUT2D eigenvalue weighted by Gasteiger charge is -2.10. The van der Waals surface area contributed by atoms with Crippen molar-refractivity contribution in [3.8, 4) is 22.6 Å². The van der Waals surface area contributed by atoms with Crippen LogP contribution in [0.25, 0.3) is 11.1 Å². The lowest BCUT2D eigenvalue weighted by molar-refractivity contribution is -0.274. The van der Waals surface area contributed by atoms with E-state index < -0.39 is 12.3 Å². The summed E-state index contributed by atoms with van der Waals surface area (Å²) in [6.07, 6.45) is 0.690. The largest absolute Gasteiger partial charge is 0.573 e. The Labute approximate surface area is 175 Å². The van der Waals surface area contributed by atoms with Crippen molar-refractivity contribution in [1.29, 1.82) is 0 Å². The zero-order valence-electron chi connectivity index (χ0n) is 16.0. The monoisotopic (exact) mass is 430 g/mol. The van der Waals surface area contributed by atoms with E-state index in [1.165, 1.54) is 30.5 Å². The van der Waals surface area contributed by atoms with Gasteiger partial charge in [0.25, 0.3) is 0 Å². The quantitative estimate of drug-likeness (QED) is 0.579. The fourth-order valence-electron chi connectivity index (χ4n) is 3.24. The van der Waals surface area contributed by atoms with Gasteiger partial charge in [-0.1, -0.05) is 12.1 Å². The Kier molecular flexibility index (Phi) is 5.50. The van der Waals surface area contributed by atoms with Gasteiger partial charge in [0.15, 0.2) is 0 Å². The number of carboxylic acids is 1. The molecule has 0 saturated heterocycles. The Morgan fingerprint density at radius 2 is 1.84 bits per heavy atom. The second-order valence-corrected chi connectivity index (χ2v) is 7.15. The van der Waals surface area contributed by atoms with Crippen LogP contribution in [0.15, 0.2) is 61.1 Å². The number of hydrogen-bond donors (Lipinski definition) is 1. The highest BCUT2D eigenvalue weighted by Crippen LogP contribution is 2.47. The molecule has 3 aromatic rings. The number of alkyl halides is 3. The normalized spacial score (nSPS) is 17.8. The first-order valence-corrected chi connectivity index (χ1v) is 9.40. The maximum atomic E-state index is 12.2. The van der Waals surface area contributed by atoms with Crippen molar-refractivity contribution in [3.05, 3.63) is 72.3 Å². The van der Waals surface area contributed by atoms with Gasteiger partial charge in [-0.3, -0.25) is 14.8 Å². The molecule has 0 amide bonds. The third-order valence-corrected chi connectivity index (χ3v) is 4.88. The van der Waals surface area contributed by atoms with Crippen molar-refractivity contribution in [2.24, 2.45) is 5.92 Å². The van der Waals surface area contributed by atoms with E-state index in [0.29, 0.717) is 17.7 Å². The van der Waals surface area contributed by atoms with Crippen LogP contribution >= 0.6 is 0 Å². The number of nitrogens with zero attached hydrogens (tertiary/aromatic N) is 2. The molecule has 6 nitrogen and oxygen atoms in total. The zero-order chi connectivity index (χ0) is 22.0. The highest BCUT2D eigenvalue weighted by atomic mass is 19.4. The third kappa shape index (κ3) is 5.30. The van der Waals surface area contributed by atoms with E-state index in [9.17, 15) is 18.0 Å². The first-order chi connectivity index (χ1) is 14.8. The fourth-order valence-corrected chi connectivity index (χ4v) is 3.24. The minimum Gasteiger partial charge on any atom is -0.487 e. The van der Waals surface area contributed by atoms with Crippen LogP contribution in [-0.4, -0.2) is 27.4 Å². The molecule has 0 spiro atoms. The van der Waals surface area contributed by atoms with Crippen LogP contribution in [0.1, 0.15) is 23.6 Å². The smallest absolute Gasteiger partial charge is 0.487 e. The number of rotatable bonds is 7. The number of ether oxygens (including phenoxy) is 2. The first-order valence-electron chi connectivity index (χ1n) is 9.40. The van der Waals surface area contributed by atoms with Crippen LogP contribution in [-0.2, 0) is 11.4 Å². The molecule has 1 fully saturated rings. The van der Waals surface area contributed by atoms with Crippen molar-refractivity contribution in [2.75, 3.05) is 0 Å². The minimum absolute atomic E-state index is 0.0749. The van der Waals surface area contributed by atoms with Crippen molar-refractivity contribution in [2.45, 2.75) is 25.3 Å². The summed E-state index contributed by atoms with van der Waals surface area (Å²) in [5.41, 5.74) is 3.02. The maximum absolute atomic E-state index is 12.2. The summed E-state index contributed by atoms with van der Waals surface area (Å²) in [4.78, 5) is 19.6. The number of carbonyl (C=O) groups is 1. The summed E-state index contributed by atoms with van der Waals surface area (Å²) in [7, 11) is 0. The Morgan fingerprint density at radius 3 is 2.52 bits per heavy atom. The number of benzene rings is 1. The van der Waals surface area contributed by atoms with Crippen LogP contribution in [0.4, 0.5) is 13.2 Å². The van der Waals surface area contributed by atoms with E-state index in [-0.39, 0.29) is 24.2 Å². The Balaban J connectivity index is 1.42. The first kappa shape index (κ1) is 20.6. The number of aliphatic carboxylic acids is 1. The standard InChI is InChI=1S/C22H17F3N2O4/c23-22(24,25)31-16-3-1-13(2-4-16)12-30-17-7-15(10-26-11-17)14-5-6-27-20(8-14)18-9-19(18)21(28)29/h1-8,10-11,18-19H,9,12H2,(H,28,29)/t18-,19-/m1/s1. The number of halogens is 3. The minimum atomic E-state index is -4.73. The lowest BCUT2D eigenvalue weighted by atomic mass is 10.1. The van der Waals surface area contributed by atoms with Gasteiger partial charge < -0.3 is 14.6 Å². The molecule has 1 aliphatic rings. The molecule has 160 valence electrons. The summed E-state index contributed by atoms with van der Waals surface area (Å²) < 4.78 is 46.3. The van der Waals surface area contributed by atoms with Crippen molar-refractivity contribution in [3.63, 3.8) is 0 Å². The van der Waals surface area contributed by atoms with Crippen molar-refractivity contribution >= 4 is 5.97 Å². The average molecular weight is 430 g/mol. The summed E-state index contributed by atoms with van der Waals surface area (Å²) >= 11 is 0. The molecule has 1 aliphatic carbocycles. The third-order valence-electron chi connectivity index (χ3n) is 4.88. The molecule has 1 saturated carbocycles. The molecule has 0 aliphatic heterocycles. The summed E-state index contributed by atoms with van der Waals surface area (Å²) in [5.74, 6) is -1.08. The molecule has 2 aromatic heterocycles. The second-order valence-electron chi connectivity index (χ2n) is 7.15. The van der Waals surface area contributed by atoms with Gasteiger partial charge in [0.05, 0.1) is 12.1 Å². The summed E-state index contributed by atoms with van der Waals surface area (Å²) in [6, 6.07) is 10.9. The highest BCUT2D eigenvalue weighted by Gasteiger charge is 2.45. The van der Waals surface area contributed by atoms with E-state index in [4.69, 9.17) is 9.84 Å². The summed E-state index contributed by atoms with van der Waals surface area (Å²) in [5, 5.41) is 9.11. The van der Waals surface area contributed by atoms with E-state index in [1.54, 1.807) is 18.5 Å². The molecular weight excluding hydrogens is 413 g/mol. The summed E-state index contributed by atoms with van der Waals surface area (Å²) in [6.45, 7) is 0.140. The van der Waals surface area contributed by atoms with E-state index in [0.717, 1.165) is 16.8 Å².